The van der Waals surface area contributed by atoms with Crippen molar-refractivity contribution in [1.82, 2.24) is 4.90 Å². The number of anilines is 1. The number of hydrogen-bond donors (Lipinski definition) is 0. The highest BCUT2D eigenvalue weighted by molar-refractivity contribution is 6.06. The highest BCUT2D eigenvalue weighted by atomic mass is 19.4. The van der Waals surface area contributed by atoms with Crippen LogP contribution in [-0.4, -0.2) is 37.0 Å². The quantitative estimate of drug-likeness (QED) is 0.391. The smallest absolute Gasteiger partial charge is 0.416 e. The number of amides is 1. The first-order valence-corrected chi connectivity index (χ1v) is 11.4. The molecule has 0 radical (unpaired) electrons. The molecule has 1 aliphatic rings. The van der Waals surface area contributed by atoms with Crippen LogP contribution in [0.3, 0.4) is 0 Å². The van der Waals surface area contributed by atoms with Crippen molar-refractivity contribution < 1.29 is 27.1 Å². The summed E-state index contributed by atoms with van der Waals surface area (Å²) >= 11 is 0. The third-order valence-corrected chi connectivity index (χ3v) is 6.27. The van der Waals surface area contributed by atoms with Crippen molar-refractivity contribution in [3.8, 4) is 5.75 Å². The number of methoxy groups -OCH3 is 1. The largest absolute Gasteiger partial charge is 0.497 e. The van der Waals surface area contributed by atoms with Gasteiger partial charge in [0.2, 0.25) is 0 Å². The predicted molar refractivity (Wildman–Crippen MR) is 126 cm³/mol. The lowest BCUT2D eigenvalue weighted by molar-refractivity contribution is -0.137. The molecule has 4 rings (SSSR count). The molecule has 0 spiro atoms. The monoisotopic (exact) mass is 486 g/mol. The van der Waals surface area contributed by atoms with E-state index in [0.29, 0.717) is 49.5 Å². The average molecular weight is 487 g/mol. The summed E-state index contributed by atoms with van der Waals surface area (Å²) in [6.45, 7) is 1.90. The van der Waals surface area contributed by atoms with Gasteiger partial charge in [0.25, 0.3) is 5.91 Å². The summed E-state index contributed by atoms with van der Waals surface area (Å²) in [6, 6.07) is 17.9. The summed E-state index contributed by atoms with van der Waals surface area (Å²) in [5.41, 5.74) is 1.27. The molecule has 35 heavy (non-hydrogen) atoms. The van der Waals surface area contributed by atoms with Crippen LogP contribution in [0.1, 0.15) is 34.3 Å². The van der Waals surface area contributed by atoms with E-state index in [9.17, 15) is 22.4 Å². The Morgan fingerprint density at radius 1 is 0.943 bits per heavy atom. The molecule has 1 amide bonds. The number of carbonyl (C=O) groups is 1. The summed E-state index contributed by atoms with van der Waals surface area (Å²) in [5.74, 6) is 0.0869. The van der Waals surface area contributed by atoms with E-state index in [1.54, 1.807) is 48.4 Å². The van der Waals surface area contributed by atoms with E-state index in [2.05, 4.69) is 4.90 Å². The van der Waals surface area contributed by atoms with Gasteiger partial charge in [-0.1, -0.05) is 12.1 Å². The Morgan fingerprint density at radius 3 is 2.09 bits per heavy atom. The third kappa shape index (κ3) is 6.00. The molecule has 1 fully saturated rings. The molecule has 1 saturated heterocycles. The molecule has 0 aliphatic carbocycles. The minimum atomic E-state index is -4.35. The average Bonchev–Trinajstić information content (AvgIpc) is 2.86. The summed E-state index contributed by atoms with van der Waals surface area (Å²) in [7, 11) is 1.56. The molecule has 1 aliphatic heterocycles. The zero-order valence-corrected chi connectivity index (χ0v) is 19.3. The van der Waals surface area contributed by atoms with E-state index in [0.717, 1.165) is 17.7 Å². The van der Waals surface area contributed by atoms with Crippen LogP contribution in [0.4, 0.5) is 23.2 Å². The van der Waals surface area contributed by atoms with Crippen molar-refractivity contribution in [2.24, 2.45) is 0 Å². The second-order valence-electron chi connectivity index (χ2n) is 8.58. The second-order valence-corrected chi connectivity index (χ2v) is 8.58. The van der Waals surface area contributed by atoms with Crippen molar-refractivity contribution in [3.05, 3.63) is 95.3 Å². The van der Waals surface area contributed by atoms with E-state index >= 15 is 0 Å². The fourth-order valence-electron chi connectivity index (χ4n) is 4.36. The number of halogens is 4. The lowest BCUT2D eigenvalue weighted by atomic mass is 10.00. The van der Waals surface area contributed by atoms with Crippen molar-refractivity contribution in [3.63, 3.8) is 0 Å². The molecule has 4 nitrogen and oxygen atoms in total. The zero-order chi connectivity index (χ0) is 25.0. The first-order chi connectivity index (χ1) is 16.7. The van der Waals surface area contributed by atoms with Gasteiger partial charge >= 0.3 is 6.18 Å². The highest BCUT2D eigenvalue weighted by Crippen LogP contribution is 2.30. The molecular formula is C27H26F4N2O2. The van der Waals surface area contributed by atoms with E-state index in [4.69, 9.17) is 4.74 Å². The molecule has 3 aromatic rings. The molecule has 0 saturated carbocycles. The molecule has 184 valence electrons. The Bertz CT molecular complexity index is 1120. The summed E-state index contributed by atoms with van der Waals surface area (Å²) < 4.78 is 57.2. The molecule has 0 bridgehead atoms. The SMILES string of the molecule is COc1ccc(C(=O)N(c2ccc(F)cc2)C2CCN(Cc3ccc(C(F)(F)F)cc3)CC2)cc1. The zero-order valence-electron chi connectivity index (χ0n) is 19.3. The fraction of sp³-hybridized carbons (Fsp3) is 0.296. The van der Waals surface area contributed by atoms with Crippen molar-refractivity contribution >= 4 is 11.6 Å². The van der Waals surface area contributed by atoms with E-state index < -0.39 is 11.7 Å². The van der Waals surface area contributed by atoms with Gasteiger partial charge < -0.3 is 9.64 Å². The molecule has 8 heteroatoms. The normalized spacial score (nSPS) is 15.1. The van der Waals surface area contributed by atoms with E-state index in [1.807, 2.05) is 0 Å². The number of hydrogen-bond acceptors (Lipinski definition) is 3. The minimum Gasteiger partial charge on any atom is -0.497 e. The Hall–Kier alpha value is -3.39. The first-order valence-electron chi connectivity index (χ1n) is 11.4. The van der Waals surface area contributed by atoms with Gasteiger partial charge in [0.15, 0.2) is 0 Å². The summed E-state index contributed by atoms with van der Waals surface area (Å²) in [5, 5.41) is 0. The number of likely N-dealkylation sites (tertiary alicyclic amines) is 1. The summed E-state index contributed by atoms with van der Waals surface area (Å²) in [4.78, 5) is 17.4. The third-order valence-electron chi connectivity index (χ3n) is 6.27. The van der Waals surface area contributed by atoms with Crippen LogP contribution in [0.15, 0.2) is 72.8 Å². The molecule has 0 unspecified atom stereocenters. The lowest BCUT2D eigenvalue weighted by Gasteiger charge is -2.38. The number of carbonyl (C=O) groups excluding carboxylic acids is 1. The van der Waals surface area contributed by atoms with Crippen LogP contribution in [-0.2, 0) is 12.7 Å². The van der Waals surface area contributed by atoms with Gasteiger partial charge in [-0.15, -0.1) is 0 Å². The van der Waals surface area contributed by atoms with Crippen molar-refractivity contribution in [1.29, 1.82) is 0 Å². The molecular weight excluding hydrogens is 460 g/mol. The number of alkyl halides is 3. The Morgan fingerprint density at radius 2 is 1.54 bits per heavy atom. The van der Waals surface area contributed by atoms with Gasteiger partial charge in [-0.2, -0.15) is 13.2 Å². The first kappa shape index (κ1) is 24.7. The Kier molecular flexibility index (Phi) is 7.40. The summed E-state index contributed by atoms with van der Waals surface area (Å²) in [6.07, 6.45) is -2.99. The molecule has 0 aromatic heterocycles. The lowest BCUT2D eigenvalue weighted by Crippen LogP contribution is -2.47. The van der Waals surface area contributed by atoms with Gasteiger partial charge in [0.05, 0.1) is 12.7 Å². The number of nitrogens with zero attached hydrogens (tertiary/aromatic N) is 2. The Labute approximate surface area is 201 Å². The Balaban J connectivity index is 1.47. The second kappa shape index (κ2) is 10.5. The van der Waals surface area contributed by atoms with Gasteiger partial charge in [0.1, 0.15) is 11.6 Å². The minimum absolute atomic E-state index is 0.0982. The van der Waals surface area contributed by atoms with Crippen LogP contribution in [0, 0.1) is 5.82 Å². The van der Waals surface area contributed by atoms with Crippen LogP contribution in [0.5, 0.6) is 5.75 Å². The van der Waals surface area contributed by atoms with Crippen molar-refractivity contribution in [2.45, 2.75) is 31.6 Å². The van der Waals surface area contributed by atoms with Crippen molar-refractivity contribution in [2.75, 3.05) is 25.1 Å². The van der Waals surface area contributed by atoms with Crippen LogP contribution in [0.25, 0.3) is 0 Å². The van der Waals surface area contributed by atoms with E-state index in [-0.39, 0.29) is 17.8 Å². The van der Waals surface area contributed by atoms with Crippen LogP contribution >= 0.6 is 0 Å². The van der Waals surface area contributed by atoms with Crippen LogP contribution < -0.4 is 9.64 Å². The van der Waals surface area contributed by atoms with E-state index in [1.165, 1.54) is 24.3 Å². The predicted octanol–water partition coefficient (Wildman–Crippen LogP) is 6.16. The van der Waals surface area contributed by atoms with Gasteiger partial charge in [0, 0.05) is 36.9 Å². The maximum atomic E-state index is 13.6. The maximum absolute atomic E-state index is 13.6. The van der Waals surface area contributed by atoms with Gasteiger partial charge in [-0.25, -0.2) is 4.39 Å². The molecule has 1 heterocycles. The standard InChI is InChI=1S/C27H26F4N2O2/c1-35-25-12-4-20(5-13-25)26(34)33(23-10-8-22(28)9-11-23)24-14-16-32(17-15-24)18-19-2-6-21(7-3-19)27(29,30)31/h2-13,24H,14-18H2,1H3. The molecule has 0 N–H and O–H groups in total. The van der Waals surface area contributed by atoms with Gasteiger partial charge in [-0.3, -0.25) is 9.69 Å². The fourth-order valence-corrected chi connectivity index (χ4v) is 4.36. The number of rotatable bonds is 6. The number of benzene rings is 3. The molecule has 0 atom stereocenters. The van der Waals surface area contributed by atoms with Gasteiger partial charge in [-0.05, 0) is 79.1 Å². The topological polar surface area (TPSA) is 32.8 Å². The maximum Gasteiger partial charge on any atom is 0.416 e. The number of ether oxygens (including phenoxy) is 1. The molecule has 3 aromatic carbocycles. The highest BCUT2D eigenvalue weighted by Gasteiger charge is 2.31. The number of piperidine rings is 1. The van der Waals surface area contributed by atoms with Crippen LogP contribution in [0.2, 0.25) is 0 Å².